The van der Waals surface area contributed by atoms with Crippen molar-refractivity contribution in [1.29, 1.82) is 0 Å². The van der Waals surface area contributed by atoms with Gasteiger partial charge in [-0.05, 0) is 116 Å². The molecule has 0 spiro atoms. The van der Waals surface area contributed by atoms with Gasteiger partial charge in [0.05, 0.1) is 6.04 Å². The van der Waals surface area contributed by atoms with Gasteiger partial charge in [0.15, 0.2) is 0 Å². The quantitative estimate of drug-likeness (QED) is 0.400. The lowest BCUT2D eigenvalue weighted by atomic mass is 9.94. The maximum atomic E-state index is 2.61. The van der Waals surface area contributed by atoms with Crippen LogP contribution < -0.4 is 4.90 Å². The molecule has 190 valence electrons. The molecule has 2 nitrogen and oxygen atoms in total. The highest BCUT2D eigenvalue weighted by Crippen LogP contribution is 2.39. The second-order valence-electron chi connectivity index (χ2n) is 10.9. The molecule has 1 atom stereocenters. The molecule has 1 heterocycles. The summed E-state index contributed by atoms with van der Waals surface area (Å²) in [6.45, 7) is 0. The molecule has 0 amide bonds. The van der Waals surface area contributed by atoms with E-state index in [1.165, 1.54) is 65.3 Å². The van der Waals surface area contributed by atoms with E-state index in [-0.39, 0.29) is 0 Å². The highest BCUT2D eigenvalue weighted by atomic mass is 15.2. The highest BCUT2D eigenvalue weighted by Gasteiger charge is 2.26. The van der Waals surface area contributed by atoms with E-state index in [2.05, 4.69) is 113 Å². The molecule has 0 radical (unpaired) electrons. The van der Waals surface area contributed by atoms with Gasteiger partial charge in [0, 0.05) is 28.5 Å². The molecule has 0 N–H and O–H groups in total. The number of rotatable bonds is 5. The van der Waals surface area contributed by atoms with E-state index in [0.717, 1.165) is 32.1 Å². The average molecular weight is 497 g/mol. The Balaban J connectivity index is 1.15. The van der Waals surface area contributed by atoms with E-state index in [9.17, 15) is 0 Å². The monoisotopic (exact) mass is 496 g/mol. The van der Waals surface area contributed by atoms with Gasteiger partial charge < -0.3 is 9.47 Å². The minimum absolute atomic E-state index is 0.381. The summed E-state index contributed by atoms with van der Waals surface area (Å²) in [5.74, 6) is 0. The van der Waals surface area contributed by atoms with Crippen molar-refractivity contribution in [2.24, 2.45) is 0 Å². The summed E-state index contributed by atoms with van der Waals surface area (Å²) in [5, 5.41) is 0. The fourth-order valence-electron chi connectivity index (χ4n) is 6.65. The molecular weight excluding hydrogens is 460 g/mol. The predicted molar refractivity (Wildman–Crippen MR) is 162 cm³/mol. The third-order valence-electron chi connectivity index (χ3n) is 8.51. The zero-order valence-corrected chi connectivity index (χ0v) is 22.2. The topological polar surface area (TPSA) is 8.17 Å². The van der Waals surface area contributed by atoms with Crippen LogP contribution in [0.15, 0.2) is 102 Å². The van der Waals surface area contributed by atoms with Crippen LogP contribution in [0.3, 0.4) is 0 Å². The van der Waals surface area contributed by atoms with Crippen molar-refractivity contribution in [2.45, 2.75) is 63.8 Å². The molecule has 2 heteroatoms. The lowest BCUT2D eigenvalue weighted by molar-refractivity contribution is 0.599. The number of aromatic nitrogens is 1. The van der Waals surface area contributed by atoms with Gasteiger partial charge in [-0.1, -0.05) is 66.8 Å². The van der Waals surface area contributed by atoms with E-state index in [1.807, 2.05) is 0 Å². The predicted octanol–water partition coefficient (Wildman–Crippen LogP) is 9.27. The summed E-state index contributed by atoms with van der Waals surface area (Å²) in [5.41, 5.74) is 12.5. The number of allylic oxidation sites excluding steroid dienone is 12. The Labute approximate surface area is 227 Å². The van der Waals surface area contributed by atoms with Gasteiger partial charge in [-0.3, -0.25) is 0 Å². The minimum Gasteiger partial charge on any atom is -0.334 e. The van der Waals surface area contributed by atoms with Crippen LogP contribution >= 0.6 is 0 Å². The van der Waals surface area contributed by atoms with Crippen LogP contribution in [0.25, 0.3) is 17.7 Å². The zero-order valence-electron chi connectivity index (χ0n) is 22.2. The molecule has 0 aliphatic heterocycles. The van der Waals surface area contributed by atoms with Crippen molar-refractivity contribution in [3.8, 4) is 0 Å². The third kappa shape index (κ3) is 4.22. The van der Waals surface area contributed by atoms with Crippen molar-refractivity contribution >= 4 is 23.4 Å². The first-order chi connectivity index (χ1) is 18.9. The van der Waals surface area contributed by atoms with E-state index in [1.54, 1.807) is 11.1 Å². The van der Waals surface area contributed by atoms with Crippen molar-refractivity contribution in [3.63, 3.8) is 0 Å². The Bertz CT molecular complexity index is 1400. The number of fused-ring (bicyclic) bond motifs is 3. The summed E-state index contributed by atoms with van der Waals surface area (Å²) in [6.07, 6.45) is 40.8. The summed E-state index contributed by atoms with van der Waals surface area (Å²) in [7, 11) is 0. The van der Waals surface area contributed by atoms with E-state index < -0.39 is 0 Å². The Hall–Kier alpha value is -3.78. The highest BCUT2D eigenvalue weighted by molar-refractivity contribution is 5.77. The van der Waals surface area contributed by atoms with Crippen LogP contribution in [-0.2, 0) is 12.8 Å². The van der Waals surface area contributed by atoms with Crippen molar-refractivity contribution in [1.82, 2.24) is 4.57 Å². The molecule has 1 unspecified atom stereocenters. The second-order valence-corrected chi connectivity index (χ2v) is 10.9. The number of hydrogen-bond acceptors (Lipinski definition) is 1. The van der Waals surface area contributed by atoms with Gasteiger partial charge in [-0.2, -0.15) is 0 Å². The minimum atomic E-state index is 0.381. The fraction of sp³-hybridized carbons (Fsp3) is 0.278. The lowest BCUT2D eigenvalue weighted by Gasteiger charge is -2.30. The zero-order chi connectivity index (χ0) is 25.3. The molecule has 1 aromatic carbocycles. The standard InChI is InChI=1S/C36H36N2/c1-3-11-29(12-4-1)37(30-13-5-2-6-14-30)31-23-19-27(20-24-31)28-21-25-32(26-22-28)38-35-17-9-7-15-33(35)34-16-8-10-18-36(34)38/h3,5,9-14,17-25,32H,1-2,4,6-8,15-16,26H2. The van der Waals surface area contributed by atoms with Crippen LogP contribution in [0.4, 0.5) is 5.69 Å². The molecule has 0 saturated heterocycles. The molecule has 0 fully saturated rings. The van der Waals surface area contributed by atoms with Crippen LogP contribution in [0, 0.1) is 0 Å². The van der Waals surface area contributed by atoms with E-state index in [4.69, 9.17) is 0 Å². The van der Waals surface area contributed by atoms with Crippen molar-refractivity contribution < 1.29 is 0 Å². The molecule has 38 heavy (non-hydrogen) atoms. The van der Waals surface area contributed by atoms with Gasteiger partial charge in [0.1, 0.15) is 0 Å². The van der Waals surface area contributed by atoms with Crippen LogP contribution in [-0.4, -0.2) is 4.57 Å². The molecule has 1 aromatic heterocycles. The number of benzene rings is 1. The molecule has 0 bridgehead atoms. The van der Waals surface area contributed by atoms with Crippen LogP contribution in [0.1, 0.15) is 79.1 Å². The van der Waals surface area contributed by atoms with Gasteiger partial charge in [-0.15, -0.1) is 0 Å². The SMILES string of the molecule is C1=CC(N(C2=CCCC=C2)c2ccc(C3=CCC(n4c5c(c6c4C=CCC6)CCC=C5)C=C3)cc2)=CCC1. The first-order valence-electron chi connectivity index (χ1n) is 14.5. The molecular formula is C36H36N2. The third-order valence-corrected chi connectivity index (χ3v) is 8.51. The summed E-state index contributed by atoms with van der Waals surface area (Å²) in [4.78, 5) is 2.41. The summed E-state index contributed by atoms with van der Waals surface area (Å²) < 4.78 is 2.61. The van der Waals surface area contributed by atoms with Crippen molar-refractivity contribution in [2.75, 3.05) is 4.90 Å². The summed E-state index contributed by atoms with van der Waals surface area (Å²) >= 11 is 0. The average Bonchev–Trinajstić information content (AvgIpc) is 3.33. The maximum absolute atomic E-state index is 2.61. The molecule has 5 aliphatic carbocycles. The Morgan fingerprint density at radius 3 is 1.74 bits per heavy atom. The van der Waals surface area contributed by atoms with E-state index >= 15 is 0 Å². The Morgan fingerprint density at radius 1 is 0.605 bits per heavy atom. The molecule has 5 aliphatic rings. The summed E-state index contributed by atoms with van der Waals surface area (Å²) in [6, 6.07) is 9.55. The maximum Gasteiger partial charge on any atom is 0.0560 e. The fourth-order valence-corrected chi connectivity index (χ4v) is 6.65. The number of anilines is 1. The Morgan fingerprint density at radius 2 is 1.21 bits per heavy atom. The Kier molecular flexibility index (Phi) is 6.25. The van der Waals surface area contributed by atoms with Crippen LogP contribution in [0.2, 0.25) is 0 Å². The molecule has 7 rings (SSSR count). The van der Waals surface area contributed by atoms with Gasteiger partial charge >= 0.3 is 0 Å². The molecule has 0 saturated carbocycles. The first-order valence-corrected chi connectivity index (χ1v) is 14.5. The smallest absolute Gasteiger partial charge is 0.0560 e. The van der Waals surface area contributed by atoms with E-state index in [0.29, 0.717) is 6.04 Å². The van der Waals surface area contributed by atoms with Gasteiger partial charge in [0.25, 0.3) is 0 Å². The van der Waals surface area contributed by atoms with Crippen molar-refractivity contribution in [3.05, 3.63) is 131 Å². The van der Waals surface area contributed by atoms with Crippen LogP contribution in [0.5, 0.6) is 0 Å². The first kappa shape index (κ1) is 23.3. The largest absolute Gasteiger partial charge is 0.334 e. The lowest BCUT2D eigenvalue weighted by Crippen LogP contribution is -2.21. The molecule has 2 aromatic rings. The second kappa shape index (κ2) is 10.2. The number of hydrogen-bond donors (Lipinski definition) is 0. The number of nitrogens with zero attached hydrogens (tertiary/aromatic N) is 2. The van der Waals surface area contributed by atoms with Gasteiger partial charge in [0.2, 0.25) is 0 Å². The van der Waals surface area contributed by atoms with Gasteiger partial charge in [-0.25, -0.2) is 0 Å². The normalized spacial score (nSPS) is 21.5.